The minimum Gasteiger partial charge on any atom is -0.366 e. The third-order valence-electron chi connectivity index (χ3n) is 3.72. The maximum Gasteiger partial charge on any atom is 0.256 e. The van der Waals surface area contributed by atoms with Crippen LogP contribution >= 0.6 is 0 Å². The third-order valence-corrected chi connectivity index (χ3v) is 3.72. The fourth-order valence-corrected chi connectivity index (χ4v) is 2.54. The number of morpholine rings is 1. The standard InChI is InChI=1S/C16H20N4O2/c1-19-8-9-22-14(11-19)16(21)17-15-13(10-20(2)18-15)12-6-4-3-5-7-12/h3-7,10,14H,8-9,11H2,1-2H3,(H,17,18,21). The van der Waals surface area contributed by atoms with Crippen molar-refractivity contribution in [3.63, 3.8) is 0 Å². The van der Waals surface area contributed by atoms with Crippen LogP contribution in [-0.4, -0.2) is 53.4 Å². The number of nitrogens with one attached hydrogen (secondary N) is 1. The van der Waals surface area contributed by atoms with E-state index in [1.807, 2.05) is 50.6 Å². The summed E-state index contributed by atoms with van der Waals surface area (Å²) in [6.45, 7) is 2.02. The number of nitrogens with zero attached hydrogens (tertiary/aromatic N) is 3. The Balaban J connectivity index is 1.79. The van der Waals surface area contributed by atoms with Crippen LogP contribution < -0.4 is 5.32 Å². The molecule has 0 saturated carbocycles. The van der Waals surface area contributed by atoms with E-state index in [4.69, 9.17) is 4.74 Å². The summed E-state index contributed by atoms with van der Waals surface area (Å²) in [6, 6.07) is 9.89. The van der Waals surface area contributed by atoms with Gasteiger partial charge in [-0.05, 0) is 12.6 Å². The van der Waals surface area contributed by atoms with Crippen LogP contribution in [0.25, 0.3) is 11.1 Å². The Morgan fingerprint density at radius 2 is 2.09 bits per heavy atom. The van der Waals surface area contributed by atoms with E-state index in [2.05, 4.69) is 15.3 Å². The maximum absolute atomic E-state index is 12.4. The number of rotatable bonds is 3. The lowest BCUT2D eigenvalue weighted by atomic mass is 10.1. The van der Waals surface area contributed by atoms with E-state index in [1.54, 1.807) is 4.68 Å². The molecule has 6 nitrogen and oxygen atoms in total. The molecule has 0 radical (unpaired) electrons. The summed E-state index contributed by atoms with van der Waals surface area (Å²) in [5.41, 5.74) is 1.92. The number of hydrogen-bond acceptors (Lipinski definition) is 4. The van der Waals surface area contributed by atoms with Crippen molar-refractivity contribution in [3.8, 4) is 11.1 Å². The number of aryl methyl sites for hydroxylation is 1. The summed E-state index contributed by atoms with van der Waals surface area (Å²) in [5, 5.41) is 7.25. The van der Waals surface area contributed by atoms with Crippen molar-refractivity contribution in [1.82, 2.24) is 14.7 Å². The van der Waals surface area contributed by atoms with Crippen molar-refractivity contribution >= 4 is 11.7 Å². The van der Waals surface area contributed by atoms with Gasteiger partial charge in [-0.1, -0.05) is 30.3 Å². The van der Waals surface area contributed by atoms with Gasteiger partial charge in [-0.25, -0.2) is 0 Å². The SMILES string of the molecule is CN1CCOC(C(=O)Nc2nn(C)cc2-c2ccccc2)C1. The van der Waals surface area contributed by atoms with Crippen LogP contribution in [0.4, 0.5) is 5.82 Å². The van der Waals surface area contributed by atoms with Crippen molar-refractivity contribution in [2.24, 2.45) is 7.05 Å². The normalized spacial score (nSPS) is 19.1. The van der Waals surface area contributed by atoms with Gasteiger partial charge in [0.05, 0.1) is 6.61 Å². The Hall–Kier alpha value is -2.18. The number of benzene rings is 1. The summed E-state index contributed by atoms with van der Waals surface area (Å²) in [6.07, 6.45) is 1.45. The van der Waals surface area contributed by atoms with Crippen LogP contribution in [0.3, 0.4) is 0 Å². The van der Waals surface area contributed by atoms with Crippen LogP contribution in [0.5, 0.6) is 0 Å². The van der Waals surface area contributed by atoms with Gasteiger partial charge in [-0.15, -0.1) is 0 Å². The summed E-state index contributed by atoms with van der Waals surface area (Å²) in [4.78, 5) is 14.5. The number of anilines is 1. The number of aromatic nitrogens is 2. The lowest BCUT2D eigenvalue weighted by molar-refractivity contribution is -0.132. The number of carbonyl (C=O) groups is 1. The van der Waals surface area contributed by atoms with Gasteiger partial charge in [-0.2, -0.15) is 5.10 Å². The lowest BCUT2D eigenvalue weighted by Gasteiger charge is -2.28. The summed E-state index contributed by atoms with van der Waals surface area (Å²) < 4.78 is 7.25. The molecule has 2 aromatic rings. The van der Waals surface area contributed by atoms with E-state index < -0.39 is 6.10 Å². The zero-order chi connectivity index (χ0) is 15.5. The Morgan fingerprint density at radius 1 is 1.32 bits per heavy atom. The first kappa shape index (κ1) is 14.7. The molecule has 0 bridgehead atoms. The summed E-state index contributed by atoms with van der Waals surface area (Å²) >= 11 is 0. The van der Waals surface area contributed by atoms with Crippen LogP contribution in [0.15, 0.2) is 36.5 Å². The van der Waals surface area contributed by atoms with Gasteiger partial charge >= 0.3 is 0 Å². The van der Waals surface area contributed by atoms with Crippen LogP contribution in [0, 0.1) is 0 Å². The third kappa shape index (κ3) is 3.18. The topological polar surface area (TPSA) is 59.4 Å². The second-order valence-electron chi connectivity index (χ2n) is 5.54. The van der Waals surface area contributed by atoms with Crippen molar-refractivity contribution in [2.75, 3.05) is 32.1 Å². The molecule has 1 N–H and O–H groups in total. The summed E-state index contributed by atoms with van der Waals surface area (Å²) in [7, 11) is 3.83. The van der Waals surface area contributed by atoms with E-state index in [9.17, 15) is 4.79 Å². The minimum absolute atomic E-state index is 0.151. The molecule has 2 heterocycles. The van der Waals surface area contributed by atoms with E-state index in [0.29, 0.717) is 19.0 Å². The quantitative estimate of drug-likeness (QED) is 0.930. The second-order valence-corrected chi connectivity index (χ2v) is 5.54. The number of amides is 1. The Labute approximate surface area is 129 Å². The number of ether oxygens (including phenoxy) is 1. The Kier molecular flexibility index (Phi) is 4.22. The van der Waals surface area contributed by atoms with Crippen LogP contribution in [-0.2, 0) is 16.6 Å². The molecule has 1 amide bonds. The van der Waals surface area contributed by atoms with Crippen molar-refractivity contribution < 1.29 is 9.53 Å². The van der Waals surface area contributed by atoms with E-state index >= 15 is 0 Å². The molecular formula is C16H20N4O2. The predicted molar refractivity (Wildman–Crippen MR) is 84.5 cm³/mol. The fourth-order valence-electron chi connectivity index (χ4n) is 2.54. The van der Waals surface area contributed by atoms with Crippen LogP contribution in [0.2, 0.25) is 0 Å². The number of hydrogen-bond donors (Lipinski definition) is 1. The van der Waals surface area contributed by atoms with Gasteiger partial charge in [0.25, 0.3) is 5.91 Å². The van der Waals surface area contributed by atoms with Crippen LogP contribution in [0.1, 0.15) is 0 Å². The molecule has 0 aliphatic carbocycles. The summed E-state index contributed by atoms with van der Waals surface area (Å²) in [5.74, 6) is 0.415. The molecule has 0 spiro atoms. The first-order chi connectivity index (χ1) is 10.6. The first-order valence-corrected chi connectivity index (χ1v) is 7.33. The van der Waals surface area contributed by atoms with Gasteiger partial charge in [-0.3, -0.25) is 9.48 Å². The van der Waals surface area contributed by atoms with Gasteiger partial charge in [0.1, 0.15) is 6.10 Å². The second kappa shape index (κ2) is 6.29. The fraction of sp³-hybridized carbons (Fsp3) is 0.375. The van der Waals surface area contributed by atoms with E-state index in [-0.39, 0.29) is 5.91 Å². The molecule has 1 aromatic carbocycles. The number of carbonyl (C=O) groups excluding carboxylic acids is 1. The highest BCUT2D eigenvalue weighted by Gasteiger charge is 2.26. The zero-order valence-electron chi connectivity index (χ0n) is 12.8. The number of likely N-dealkylation sites (N-methyl/N-ethyl adjacent to an activating group) is 1. The molecule has 1 fully saturated rings. The van der Waals surface area contributed by atoms with Crippen molar-refractivity contribution in [3.05, 3.63) is 36.5 Å². The van der Waals surface area contributed by atoms with Gasteiger partial charge < -0.3 is 15.0 Å². The largest absolute Gasteiger partial charge is 0.366 e. The molecule has 1 unspecified atom stereocenters. The maximum atomic E-state index is 12.4. The molecule has 22 heavy (non-hydrogen) atoms. The molecule has 1 atom stereocenters. The highest BCUT2D eigenvalue weighted by atomic mass is 16.5. The molecule has 1 aliphatic heterocycles. The minimum atomic E-state index is -0.454. The lowest BCUT2D eigenvalue weighted by Crippen LogP contribution is -2.46. The molecule has 3 rings (SSSR count). The van der Waals surface area contributed by atoms with Crippen molar-refractivity contribution in [1.29, 1.82) is 0 Å². The molecule has 1 saturated heterocycles. The molecule has 1 aliphatic rings. The first-order valence-electron chi connectivity index (χ1n) is 7.33. The van der Waals surface area contributed by atoms with E-state index in [1.165, 1.54) is 0 Å². The predicted octanol–water partition coefficient (Wildman–Crippen LogP) is 1.36. The molecule has 1 aromatic heterocycles. The van der Waals surface area contributed by atoms with E-state index in [0.717, 1.165) is 17.7 Å². The van der Waals surface area contributed by atoms with Gasteiger partial charge in [0, 0.05) is 31.9 Å². The highest BCUT2D eigenvalue weighted by Crippen LogP contribution is 2.26. The monoisotopic (exact) mass is 300 g/mol. The van der Waals surface area contributed by atoms with Gasteiger partial charge in [0.2, 0.25) is 0 Å². The average molecular weight is 300 g/mol. The Bertz CT molecular complexity index is 653. The zero-order valence-corrected chi connectivity index (χ0v) is 12.8. The van der Waals surface area contributed by atoms with Gasteiger partial charge in [0.15, 0.2) is 5.82 Å². The molecule has 6 heteroatoms. The molecular weight excluding hydrogens is 280 g/mol. The van der Waals surface area contributed by atoms with Crippen molar-refractivity contribution in [2.45, 2.75) is 6.10 Å². The highest BCUT2D eigenvalue weighted by molar-refractivity contribution is 5.96. The smallest absolute Gasteiger partial charge is 0.256 e. The molecule has 116 valence electrons. The Morgan fingerprint density at radius 3 is 2.82 bits per heavy atom. The average Bonchev–Trinajstić information content (AvgIpc) is 2.88.